The second-order valence-corrected chi connectivity index (χ2v) is 6.78. The lowest BCUT2D eigenvalue weighted by Gasteiger charge is -2.18. The lowest BCUT2D eigenvalue weighted by Crippen LogP contribution is -2.30. The fraction of sp³-hybridized carbons (Fsp3) is 0.174. The van der Waals surface area contributed by atoms with Crippen molar-refractivity contribution in [3.8, 4) is 5.75 Å². The highest BCUT2D eigenvalue weighted by molar-refractivity contribution is 6.30. The molecule has 0 atom stereocenters. The van der Waals surface area contributed by atoms with Crippen LogP contribution in [0.25, 0.3) is 0 Å². The summed E-state index contributed by atoms with van der Waals surface area (Å²) in [5, 5.41) is 2.84. The van der Waals surface area contributed by atoms with Crippen molar-refractivity contribution in [1.29, 1.82) is 0 Å². The minimum absolute atomic E-state index is 0.0357. The molecule has 1 N–H and O–H groups in total. The number of ether oxygens (including phenoxy) is 1. The number of halogens is 2. The predicted octanol–water partition coefficient (Wildman–Crippen LogP) is 5.20. The number of amides is 1. The topological polar surface area (TPSA) is 38.3 Å². The number of nitrogens with one attached hydrogen (secondary N) is 1. The molecule has 144 valence electrons. The van der Waals surface area contributed by atoms with E-state index in [0.29, 0.717) is 12.3 Å². The number of hydrogen-bond acceptors (Lipinski definition) is 2. The lowest BCUT2D eigenvalue weighted by atomic mass is 9.88. The van der Waals surface area contributed by atoms with Gasteiger partial charge in [-0.2, -0.15) is 0 Å². The Kier molecular flexibility index (Phi) is 7.04. The quantitative estimate of drug-likeness (QED) is 0.567. The first-order valence-electron chi connectivity index (χ1n) is 9.08. The van der Waals surface area contributed by atoms with Crippen LogP contribution in [0.4, 0.5) is 4.39 Å². The van der Waals surface area contributed by atoms with Crippen LogP contribution in [-0.4, -0.2) is 19.1 Å². The monoisotopic (exact) mass is 397 g/mol. The van der Waals surface area contributed by atoms with Crippen LogP contribution in [0, 0.1) is 5.82 Å². The van der Waals surface area contributed by atoms with Crippen molar-refractivity contribution in [1.82, 2.24) is 5.32 Å². The third-order valence-electron chi connectivity index (χ3n) is 4.42. The normalized spacial score (nSPS) is 10.7. The summed E-state index contributed by atoms with van der Waals surface area (Å²) in [5.41, 5.74) is 2.42. The molecule has 0 bridgehead atoms. The first kappa shape index (κ1) is 19.9. The SMILES string of the molecule is O=C(COc1ccc(F)c(Cl)c1)NCCC(c1ccccc1)c1ccccc1. The van der Waals surface area contributed by atoms with Gasteiger partial charge in [-0.3, -0.25) is 4.79 Å². The summed E-state index contributed by atoms with van der Waals surface area (Å²) in [7, 11) is 0. The molecular formula is C23H21ClFNO2. The molecule has 0 saturated carbocycles. The molecule has 0 aliphatic heterocycles. The molecule has 0 saturated heterocycles. The van der Waals surface area contributed by atoms with E-state index < -0.39 is 5.82 Å². The van der Waals surface area contributed by atoms with Crippen molar-refractivity contribution in [3.63, 3.8) is 0 Å². The van der Waals surface area contributed by atoms with E-state index in [4.69, 9.17) is 16.3 Å². The summed E-state index contributed by atoms with van der Waals surface area (Å²) in [6.45, 7) is 0.365. The molecule has 3 aromatic carbocycles. The minimum Gasteiger partial charge on any atom is -0.484 e. The zero-order valence-corrected chi connectivity index (χ0v) is 16.0. The van der Waals surface area contributed by atoms with Crippen molar-refractivity contribution >= 4 is 17.5 Å². The molecule has 0 heterocycles. The van der Waals surface area contributed by atoms with Crippen LogP contribution in [0.3, 0.4) is 0 Å². The number of benzene rings is 3. The standard InChI is InChI=1S/C23H21ClFNO2/c24-21-15-19(11-12-22(21)25)28-16-23(27)26-14-13-20(17-7-3-1-4-8-17)18-9-5-2-6-10-18/h1-12,15,20H,13-14,16H2,(H,26,27). The van der Waals surface area contributed by atoms with Gasteiger partial charge in [-0.25, -0.2) is 4.39 Å². The molecule has 28 heavy (non-hydrogen) atoms. The van der Waals surface area contributed by atoms with Gasteiger partial charge in [0.1, 0.15) is 11.6 Å². The molecule has 3 aromatic rings. The lowest BCUT2D eigenvalue weighted by molar-refractivity contribution is -0.123. The van der Waals surface area contributed by atoms with Crippen LogP contribution in [0.2, 0.25) is 5.02 Å². The fourth-order valence-corrected chi connectivity index (χ4v) is 3.19. The van der Waals surface area contributed by atoms with Crippen LogP contribution in [0.1, 0.15) is 23.5 Å². The van der Waals surface area contributed by atoms with Crippen molar-refractivity contribution in [3.05, 3.63) is 101 Å². The zero-order valence-electron chi connectivity index (χ0n) is 15.3. The Morgan fingerprint density at radius 2 is 1.57 bits per heavy atom. The summed E-state index contributed by atoms with van der Waals surface area (Å²) >= 11 is 5.71. The molecule has 3 nitrogen and oxygen atoms in total. The van der Waals surface area contributed by atoms with E-state index in [0.717, 1.165) is 6.42 Å². The van der Waals surface area contributed by atoms with E-state index >= 15 is 0 Å². The van der Waals surface area contributed by atoms with Crippen molar-refractivity contribution in [2.24, 2.45) is 0 Å². The predicted molar refractivity (Wildman–Crippen MR) is 109 cm³/mol. The minimum atomic E-state index is -0.522. The van der Waals surface area contributed by atoms with Gasteiger partial charge >= 0.3 is 0 Å². The van der Waals surface area contributed by atoms with Gasteiger partial charge < -0.3 is 10.1 Å². The Morgan fingerprint density at radius 3 is 2.14 bits per heavy atom. The third kappa shape index (κ3) is 5.57. The molecule has 0 aliphatic rings. The first-order valence-corrected chi connectivity index (χ1v) is 9.45. The van der Waals surface area contributed by atoms with Crippen LogP contribution in [0.15, 0.2) is 78.9 Å². The average molecular weight is 398 g/mol. The molecule has 0 aromatic heterocycles. The summed E-state index contributed by atoms with van der Waals surface area (Å²) in [4.78, 5) is 12.1. The van der Waals surface area contributed by atoms with E-state index in [9.17, 15) is 9.18 Å². The van der Waals surface area contributed by atoms with Gasteiger partial charge in [-0.1, -0.05) is 72.3 Å². The van der Waals surface area contributed by atoms with Gasteiger partial charge in [0.15, 0.2) is 6.61 Å². The Labute approximate surface area is 169 Å². The highest BCUT2D eigenvalue weighted by Gasteiger charge is 2.14. The van der Waals surface area contributed by atoms with Crippen molar-refractivity contribution in [2.45, 2.75) is 12.3 Å². The largest absolute Gasteiger partial charge is 0.484 e. The number of hydrogen-bond donors (Lipinski definition) is 1. The van der Waals surface area contributed by atoms with Gasteiger partial charge in [0.05, 0.1) is 5.02 Å². The van der Waals surface area contributed by atoms with Gasteiger partial charge in [-0.15, -0.1) is 0 Å². The van der Waals surface area contributed by atoms with Gasteiger partial charge in [0.2, 0.25) is 0 Å². The maximum atomic E-state index is 13.2. The van der Waals surface area contributed by atoms with E-state index in [-0.39, 0.29) is 23.5 Å². The molecule has 0 aliphatic carbocycles. The number of rotatable bonds is 8. The molecule has 0 unspecified atom stereocenters. The average Bonchev–Trinajstić information content (AvgIpc) is 2.73. The maximum Gasteiger partial charge on any atom is 0.257 e. The van der Waals surface area contributed by atoms with E-state index in [1.165, 1.54) is 29.3 Å². The Hall–Kier alpha value is -2.85. The van der Waals surface area contributed by atoms with Crippen LogP contribution in [0.5, 0.6) is 5.75 Å². The first-order chi connectivity index (χ1) is 13.6. The van der Waals surface area contributed by atoms with Gasteiger partial charge in [-0.05, 0) is 29.7 Å². The van der Waals surface area contributed by atoms with Crippen molar-refractivity contribution in [2.75, 3.05) is 13.2 Å². The molecule has 0 spiro atoms. The van der Waals surface area contributed by atoms with E-state index in [2.05, 4.69) is 29.6 Å². The van der Waals surface area contributed by atoms with Crippen LogP contribution in [-0.2, 0) is 4.79 Å². The van der Waals surface area contributed by atoms with Crippen LogP contribution >= 0.6 is 11.6 Å². The number of carbonyl (C=O) groups excluding carboxylic acids is 1. The Balaban J connectivity index is 1.53. The highest BCUT2D eigenvalue weighted by Crippen LogP contribution is 2.27. The number of carbonyl (C=O) groups is 1. The van der Waals surface area contributed by atoms with E-state index in [1.54, 1.807) is 0 Å². The molecule has 1 amide bonds. The van der Waals surface area contributed by atoms with Gasteiger partial charge in [0.25, 0.3) is 5.91 Å². The zero-order chi connectivity index (χ0) is 19.8. The van der Waals surface area contributed by atoms with E-state index in [1.807, 2.05) is 36.4 Å². The summed E-state index contributed by atoms with van der Waals surface area (Å²) in [6.07, 6.45) is 0.766. The molecule has 3 rings (SSSR count). The second-order valence-electron chi connectivity index (χ2n) is 6.38. The molecular weight excluding hydrogens is 377 g/mol. The molecule has 5 heteroatoms. The smallest absolute Gasteiger partial charge is 0.257 e. The summed E-state index contributed by atoms with van der Waals surface area (Å²) in [5.74, 6) is -0.209. The Morgan fingerprint density at radius 1 is 0.964 bits per heavy atom. The van der Waals surface area contributed by atoms with Crippen molar-refractivity contribution < 1.29 is 13.9 Å². The third-order valence-corrected chi connectivity index (χ3v) is 4.71. The highest BCUT2D eigenvalue weighted by atomic mass is 35.5. The summed E-state index contributed by atoms with van der Waals surface area (Å²) in [6, 6.07) is 24.5. The molecule has 0 fully saturated rings. The Bertz CT molecular complexity index is 863. The fourth-order valence-electron chi connectivity index (χ4n) is 3.02. The van der Waals surface area contributed by atoms with Crippen LogP contribution < -0.4 is 10.1 Å². The maximum absolute atomic E-state index is 13.2. The second kappa shape index (κ2) is 9.90. The molecule has 0 radical (unpaired) electrons. The van der Waals surface area contributed by atoms with Gasteiger partial charge in [0, 0.05) is 18.5 Å². The summed E-state index contributed by atoms with van der Waals surface area (Å²) < 4.78 is 18.5.